The first-order valence-corrected chi connectivity index (χ1v) is 21.2. The Morgan fingerprint density at radius 3 is 1.56 bits per heavy atom. The molecule has 0 atom stereocenters. The summed E-state index contributed by atoms with van der Waals surface area (Å²) in [5.74, 6) is 0. The lowest BCUT2D eigenvalue weighted by Gasteiger charge is -2.30. The third kappa shape index (κ3) is 5.49. The number of rotatable bonds is 6. The second kappa shape index (κ2) is 13.7. The average Bonchev–Trinajstić information content (AvgIpc) is 3.83. The van der Waals surface area contributed by atoms with Gasteiger partial charge in [0.2, 0.25) is 0 Å². The molecule has 2 heteroatoms. The zero-order chi connectivity index (χ0) is 40.7. The van der Waals surface area contributed by atoms with Crippen LogP contribution in [0.2, 0.25) is 0 Å². The summed E-state index contributed by atoms with van der Waals surface area (Å²) in [6.45, 7) is 4.71. The van der Waals surface area contributed by atoms with Gasteiger partial charge in [0.25, 0.3) is 0 Å². The minimum absolute atomic E-state index is 0.161. The molecule has 0 fully saturated rings. The monoisotopic (exact) mass is 779 g/mol. The van der Waals surface area contributed by atoms with Gasteiger partial charge in [0.1, 0.15) is 11.2 Å². The molecule has 0 bridgehead atoms. The van der Waals surface area contributed by atoms with E-state index in [9.17, 15) is 0 Å². The van der Waals surface area contributed by atoms with Gasteiger partial charge in [-0.2, -0.15) is 0 Å². The Labute approximate surface area is 355 Å². The number of hydrogen-bond donors (Lipinski definition) is 0. The quantitative estimate of drug-likeness (QED) is 0.156. The highest BCUT2D eigenvalue weighted by molar-refractivity contribution is 6.31. The molecule has 12 rings (SSSR count). The van der Waals surface area contributed by atoms with Crippen molar-refractivity contribution in [1.82, 2.24) is 0 Å². The third-order valence-corrected chi connectivity index (χ3v) is 13.1. The molecule has 0 saturated carbocycles. The SMILES string of the molecule is CC1(C)c2ccccc2-c2ccc(N(c3ccc(-c4ccccc4)cc3)c3ccc4c(oc5c6ccccc6c6ccccc6c45)c3-c3ccc(-c4ccccc4)cc3)cc21. The van der Waals surface area contributed by atoms with Gasteiger partial charge in [0.15, 0.2) is 0 Å². The molecule has 11 aromatic rings. The van der Waals surface area contributed by atoms with Crippen LogP contribution in [0.4, 0.5) is 17.1 Å². The van der Waals surface area contributed by atoms with E-state index in [1.54, 1.807) is 0 Å². The van der Waals surface area contributed by atoms with Crippen molar-refractivity contribution in [3.8, 4) is 44.5 Å². The fraction of sp³-hybridized carbons (Fsp3) is 0.0508. The van der Waals surface area contributed by atoms with Gasteiger partial charge in [-0.05, 0) is 103 Å². The minimum atomic E-state index is -0.161. The van der Waals surface area contributed by atoms with Gasteiger partial charge in [-0.1, -0.05) is 190 Å². The molecule has 288 valence electrons. The van der Waals surface area contributed by atoms with Crippen LogP contribution in [0.5, 0.6) is 0 Å². The molecule has 0 unspecified atom stereocenters. The van der Waals surface area contributed by atoms with Crippen molar-refractivity contribution < 1.29 is 4.42 Å². The average molecular weight is 780 g/mol. The van der Waals surface area contributed by atoms with Crippen LogP contribution in [0, 0.1) is 0 Å². The number of fused-ring (bicyclic) bond motifs is 11. The molecule has 0 N–H and O–H groups in total. The summed E-state index contributed by atoms with van der Waals surface area (Å²) in [7, 11) is 0. The maximum Gasteiger partial charge on any atom is 0.145 e. The van der Waals surface area contributed by atoms with Crippen molar-refractivity contribution in [1.29, 1.82) is 0 Å². The number of hydrogen-bond acceptors (Lipinski definition) is 2. The first-order valence-electron chi connectivity index (χ1n) is 21.2. The summed E-state index contributed by atoms with van der Waals surface area (Å²) in [5, 5.41) is 6.99. The van der Waals surface area contributed by atoms with Crippen LogP contribution in [0.3, 0.4) is 0 Å². The van der Waals surface area contributed by atoms with Gasteiger partial charge in [-0.15, -0.1) is 0 Å². The number of furan rings is 1. The molecule has 0 radical (unpaired) electrons. The highest BCUT2D eigenvalue weighted by atomic mass is 16.3. The predicted molar refractivity (Wildman–Crippen MR) is 257 cm³/mol. The largest absolute Gasteiger partial charge is 0.455 e. The molecule has 2 nitrogen and oxygen atoms in total. The van der Waals surface area contributed by atoms with Gasteiger partial charge >= 0.3 is 0 Å². The normalized spacial score (nSPS) is 12.9. The Balaban J connectivity index is 1.15. The fourth-order valence-corrected chi connectivity index (χ4v) is 10.1. The molecule has 1 aliphatic carbocycles. The lowest BCUT2D eigenvalue weighted by Crippen LogP contribution is -2.17. The molecular formula is C59H41NO. The summed E-state index contributed by atoms with van der Waals surface area (Å²) < 4.78 is 7.34. The molecule has 0 spiro atoms. The molecule has 0 saturated heterocycles. The van der Waals surface area contributed by atoms with E-state index in [0.29, 0.717) is 0 Å². The first-order chi connectivity index (χ1) is 30.0. The van der Waals surface area contributed by atoms with E-state index in [0.717, 1.165) is 55.5 Å². The molecule has 0 aliphatic heterocycles. The van der Waals surface area contributed by atoms with Crippen molar-refractivity contribution >= 4 is 60.5 Å². The Morgan fingerprint density at radius 2 is 0.869 bits per heavy atom. The van der Waals surface area contributed by atoms with Gasteiger partial charge in [0, 0.05) is 38.5 Å². The highest BCUT2D eigenvalue weighted by Gasteiger charge is 2.36. The van der Waals surface area contributed by atoms with Crippen LogP contribution >= 0.6 is 0 Å². The maximum atomic E-state index is 7.34. The van der Waals surface area contributed by atoms with E-state index in [2.05, 4.69) is 231 Å². The standard InChI is InChI=1S/C59H41NO/c1-59(2)52-24-14-13-21-47(52)48-34-33-44(37-53(48)59)60(43-31-29-41(30-32-43)39-17-7-4-8-18-39)54-36-35-51-56-49-22-11-9-19-45(49)46-20-10-12-23-50(46)57(56)61-58(51)55(54)42-27-25-40(26-28-42)38-15-5-3-6-16-38/h3-37H,1-2H3. The van der Waals surface area contributed by atoms with Crippen LogP contribution in [0.1, 0.15) is 25.0 Å². The van der Waals surface area contributed by atoms with Crippen molar-refractivity contribution in [2.75, 3.05) is 4.90 Å². The smallest absolute Gasteiger partial charge is 0.145 e. The molecule has 1 heterocycles. The van der Waals surface area contributed by atoms with E-state index in [1.807, 2.05) is 0 Å². The molecule has 1 aliphatic rings. The summed E-state index contributed by atoms with van der Waals surface area (Å²) >= 11 is 0. The van der Waals surface area contributed by atoms with Gasteiger partial charge in [0.05, 0.1) is 5.69 Å². The molecular weight excluding hydrogens is 739 g/mol. The van der Waals surface area contributed by atoms with Crippen LogP contribution < -0.4 is 4.90 Å². The van der Waals surface area contributed by atoms with Crippen LogP contribution in [-0.2, 0) is 5.41 Å². The second-order valence-corrected chi connectivity index (χ2v) is 16.8. The Kier molecular flexibility index (Phi) is 7.92. The highest BCUT2D eigenvalue weighted by Crippen LogP contribution is 2.53. The zero-order valence-electron chi connectivity index (χ0n) is 34.1. The number of benzene rings is 10. The number of anilines is 3. The Hall–Kier alpha value is -7.68. The first kappa shape index (κ1) is 35.3. The predicted octanol–water partition coefficient (Wildman–Crippen LogP) is 16.7. The lowest BCUT2D eigenvalue weighted by atomic mass is 9.82. The Bertz CT molecular complexity index is 3470. The van der Waals surface area contributed by atoms with E-state index >= 15 is 0 Å². The second-order valence-electron chi connectivity index (χ2n) is 16.8. The topological polar surface area (TPSA) is 16.4 Å². The minimum Gasteiger partial charge on any atom is -0.455 e. The number of nitrogens with zero attached hydrogens (tertiary/aromatic N) is 1. The van der Waals surface area contributed by atoms with Gasteiger partial charge < -0.3 is 9.32 Å². The van der Waals surface area contributed by atoms with E-state index in [4.69, 9.17) is 4.42 Å². The van der Waals surface area contributed by atoms with Crippen LogP contribution in [0.25, 0.3) is 88.0 Å². The van der Waals surface area contributed by atoms with Crippen molar-refractivity contribution in [2.24, 2.45) is 0 Å². The molecule has 10 aromatic carbocycles. The van der Waals surface area contributed by atoms with Crippen LogP contribution in [0.15, 0.2) is 217 Å². The maximum absolute atomic E-state index is 7.34. The third-order valence-electron chi connectivity index (χ3n) is 13.1. The summed E-state index contributed by atoms with van der Waals surface area (Å²) in [6, 6.07) is 77.2. The zero-order valence-corrected chi connectivity index (χ0v) is 34.1. The molecule has 61 heavy (non-hydrogen) atoms. The lowest BCUT2D eigenvalue weighted by molar-refractivity contribution is 0.660. The van der Waals surface area contributed by atoms with Crippen LogP contribution in [-0.4, -0.2) is 0 Å². The van der Waals surface area contributed by atoms with E-state index in [1.165, 1.54) is 60.7 Å². The van der Waals surface area contributed by atoms with Crippen molar-refractivity contribution in [3.63, 3.8) is 0 Å². The van der Waals surface area contributed by atoms with E-state index < -0.39 is 0 Å². The summed E-state index contributed by atoms with van der Waals surface area (Å²) in [6.07, 6.45) is 0. The fourth-order valence-electron chi connectivity index (χ4n) is 10.1. The van der Waals surface area contributed by atoms with Crippen molar-refractivity contribution in [2.45, 2.75) is 19.3 Å². The Morgan fingerprint density at radius 1 is 0.361 bits per heavy atom. The van der Waals surface area contributed by atoms with Gasteiger partial charge in [-0.3, -0.25) is 0 Å². The summed E-state index contributed by atoms with van der Waals surface area (Å²) in [5.41, 5.74) is 17.0. The van der Waals surface area contributed by atoms with E-state index in [-0.39, 0.29) is 5.41 Å². The summed E-state index contributed by atoms with van der Waals surface area (Å²) in [4.78, 5) is 2.44. The van der Waals surface area contributed by atoms with Gasteiger partial charge in [-0.25, -0.2) is 0 Å². The molecule has 0 amide bonds. The van der Waals surface area contributed by atoms with Crippen molar-refractivity contribution in [3.05, 3.63) is 223 Å². The molecule has 1 aromatic heterocycles.